The second-order valence-electron chi connectivity index (χ2n) is 5.82. The second-order valence-corrected chi connectivity index (χ2v) is 6.73. The minimum Gasteiger partial charge on any atom is -0.344 e. The van der Waals surface area contributed by atoms with Gasteiger partial charge < -0.3 is 10.2 Å². The molecule has 0 aromatic heterocycles. The van der Waals surface area contributed by atoms with E-state index < -0.39 is 0 Å². The number of hydrogen-bond acceptors (Lipinski definition) is 2. The molecule has 2 aliphatic rings. The van der Waals surface area contributed by atoms with E-state index in [1.807, 2.05) is 17.0 Å². The van der Waals surface area contributed by atoms with Crippen LogP contribution >= 0.6 is 15.9 Å². The molecule has 2 heterocycles. The number of nitrogens with one attached hydrogen (secondary N) is 1. The van der Waals surface area contributed by atoms with Gasteiger partial charge in [0, 0.05) is 23.5 Å². The first kappa shape index (κ1) is 14.6. The molecule has 0 radical (unpaired) electrons. The highest BCUT2D eigenvalue weighted by molar-refractivity contribution is 9.10. The van der Waals surface area contributed by atoms with E-state index in [9.17, 15) is 9.59 Å². The molecule has 2 unspecified atom stereocenters. The van der Waals surface area contributed by atoms with Crippen molar-refractivity contribution in [2.45, 2.75) is 44.2 Å². The van der Waals surface area contributed by atoms with Gasteiger partial charge >= 0.3 is 0 Å². The summed E-state index contributed by atoms with van der Waals surface area (Å²) in [5.74, 6) is 0.0949. The van der Waals surface area contributed by atoms with Crippen molar-refractivity contribution in [3.63, 3.8) is 0 Å². The SMILES string of the molecule is O=C1CCC(C(=O)N2CCCC2Cc2ccc(Br)cc2)N1. The van der Waals surface area contributed by atoms with E-state index in [0.29, 0.717) is 12.8 Å². The van der Waals surface area contributed by atoms with E-state index in [0.717, 1.165) is 30.3 Å². The molecule has 2 amide bonds. The number of nitrogens with zero attached hydrogens (tertiary/aromatic N) is 1. The van der Waals surface area contributed by atoms with Crippen molar-refractivity contribution in [3.8, 4) is 0 Å². The Morgan fingerprint density at radius 2 is 2.05 bits per heavy atom. The number of benzene rings is 1. The average molecular weight is 351 g/mol. The van der Waals surface area contributed by atoms with Crippen LogP contribution in [0.2, 0.25) is 0 Å². The number of carbonyl (C=O) groups is 2. The van der Waals surface area contributed by atoms with E-state index in [2.05, 4.69) is 33.4 Å². The monoisotopic (exact) mass is 350 g/mol. The summed E-state index contributed by atoms with van der Waals surface area (Å²) in [5.41, 5.74) is 1.25. The number of halogens is 1. The molecule has 2 fully saturated rings. The first-order valence-electron chi connectivity index (χ1n) is 7.48. The summed E-state index contributed by atoms with van der Waals surface area (Å²) in [5, 5.41) is 2.79. The fraction of sp³-hybridized carbons (Fsp3) is 0.500. The highest BCUT2D eigenvalue weighted by Crippen LogP contribution is 2.24. The lowest BCUT2D eigenvalue weighted by Gasteiger charge is -2.27. The Morgan fingerprint density at radius 1 is 1.29 bits per heavy atom. The van der Waals surface area contributed by atoms with Crippen LogP contribution < -0.4 is 5.32 Å². The second kappa shape index (κ2) is 6.18. The van der Waals surface area contributed by atoms with Gasteiger partial charge in [0.2, 0.25) is 11.8 Å². The maximum absolute atomic E-state index is 12.6. The lowest BCUT2D eigenvalue weighted by Crippen LogP contribution is -2.47. The first-order chi connectivity index (χ1) is 10.1. The van der Waals surface area contributed by atoms with Crippen LogP contribution in [-0.2, 0) is 16.0 Å². The van der Waals surface area contributed by atoms with E-state index in [1.54, 1.807) is 0 Å². The van der Waals surface area contributed by atoms with Gasteiger partial charge in [-0.15, -0.1) is 0 Å². The molecule has 0 aliphatic carbocycles. The van der Waals surface area contributed by atoms with E-state index >= 15 is 0 Å². The molecule has 5 heteroatoms. The quantitative estimate of drug-likeness (QED) is 0.908. The maximum Gasteiger partial charge on any atom is 0.245 e. The minimum atomic E-state index is -0.303. The zero-order valence-electron chi connectivity index (χ0n) is 11.8. The van der Waals surface area contributed by atoms with Crippen LogP contribution in [0, 0.1) is 0 Å². The Balaban J connectivity index is 1.66. The fourth-order valence-corrected chi connectivity index (χ4v) is 3.49. The number of hydrogen-bond donors (Lipinski definition) is 1. The van der Waals surface area contributed by atoms with Crippen molar-refractivity contribution < 1.29 is 9.59 Å². The summed E-state index contributed by atoms with van der Waals surface area (Å²) in [6, 6.07) is 8.23. The Bertz CT molecular complexity index is 544. The molecule has 2 aliphatic heterocycles. The number of amides is 2. The summed E-state index contributed by atoms with van der Waals surface area (Å²) in [4.78, 5) is 25.8. The molecule has 1 aromatic rings. The van der Waals surface area contributed by atoms with E-state index in [-0.39, 0.29) is 23.9 Å². The molecule has 2 saturated heterocycles. The predicted octanol–water partition coefficient (Wildman–Crippen LogP) is 2.26. The lowest BCUT2D eigenvalue weighted by molar-refractivity contribution is -0.135. The molecule has 1 aromatic carbocycles. The predicted molar refractivity (Wildman–Crippen MR) is 83.7 cm³/mol. The van der Waals surface area contributed by atoms with Gasteiger partial charge in [0.1, 0.15) is 6.04 Å². The average Bonchev–Trinajstić information content (AvgIpc) is 3.10. The number of rotatable bonds is 3. The van der Waals surface area contributed by atoms with Crippen molar-refractivity contribution in [2.24, 2.45) is 0 Å². The number of likely N-dealkylation sites (tertiary alicyclic amines) is 1. The van der Waals surface area contributed by atoms with Gasteiger partial charge in [-0.05, 0) is 43.4 Å². The van der Waals surface area contributed by atoms with Crippen LogP contribution in [0.1, 0.15) is 31.2 Å². The fourth-order valence-electron chi connectivity index (χ4n) is 3.23. The normalized spacial score (nSPS) is 25.2. The van der Waals surface area contributed by atoms with Crippen LogP contribution in [0.4, 0.5) is 0 Å². The summed E-state index contributed by atoms with van der Waals surface area (Å²) in [6.45, 7) is 0.812. The zero-order valence-corrected chi connectivity index (χ0v) is 13.4. The molecule has 0 bridgehead atoms. The highest BCUT2D eigenvalue weighted by atomic mass is 79.9. The smallest absolute Gasteiger partial charge is 0.245 e. The summed E-state index contributed by atoms with van der Waals surface area (Å²) in [6.07, 6.45) is 4.09. The van der Waals surface area contributed by atoms with Crippen LogP contribution in [0.3, 0.4) is 0 Å². The van der Waals surface area contributed by atoms with Crippen molar-refractivity contribution >= 4 is 27.7 Å². The lowest BCUT2D eigenvalue weighted by atomic mass is 10.0. The van der Waals surface area contributed by atoms with Gasteiger partial charge in [0.25, 0.3) is 0 Å². The third kappa shape index (κ3) is 3.28. The van der Waals surface area contributed by atoms with Gasteiger partial charge in [-0.3, -0.25) is 9.59 Å². The van der Waals surface area contributed by atoms with Crippen molar-refractivity contribution in [3.05, 3.63) is 34.3 Å². The Labute approximate surface area is 133 Å². The van der Waals surface area contributed by atoms with Crippen LogP contribution in [0.5, 0.6) is 0 Å². The van der Waals surface area contributed by atoms with Crippen molar-refractivity contribution in [1.82, 2.24) is 10.2 Å². The van der Waals surface area contributed by atoms with Crippen LogP contribution in [0.25, 0.3) is 0 Å². The van der Waals surface area contributed by atoms with E-state index in [4.69, 9.17) is 0 Å². The van der Waals surface area contributed by atoms with Crippen molar-refractivity contribution in [2.75, 3.05) is 6.54 Å². The molecule has 0 saturated carbocycles. The van der Waals surface area contributed by atoms with Gasteiger partial charge in [0.05, 0.1) is 0 Å². The van der Waals surface area contributed by atoms with E-state index in [1.165, 1.54) is 5.56 Å². The molecule has 2 atom stereocenters. The minimum absolute atomic E-state index is 0.00277. The number of carbonyl (C=O) groups excluding carboxylic acids is 2. The molecular formula is C16H19BrN2O2. The Hall–Kier alpha value is -1.36. The largest absolute Gasteiger partial charge is 0.344 e. The van der Waals surface area contributed by atoms with Gasteiger partial charge in [-0.1, -0.05) is 28.1 Å². The summed E-state index contributed by atoms with van der Waals surface area (Å²) < 4.78 is 1.07. The standard InChI is InChI=1S/C16H19BrN2O2/c17-12-5-3-11(4-6-12)10-13-2-1-9-19(13)16(21)14-7-8-15(20)18-14/h3-6,13-14H,1-2,7-10H2,(H,18,20). The summed E-state index contributed by atoms with van der Waals surface area (Å²) >= 11 is 3.44. The topological polar surface area (TPSA) is 49.4 Å². The Kier molecular flexibility index (Phi) is 4.29. The van der Waals surface area contributed by atoms with Crippen LogP contribution in [0.15, 0.2) is 28.7 Å². The highest BCUT2D eigenvalue weighted by Gasteiger charge is 2.36. The third-order valence-corrected chi connectivity index (χ3v) is 4.87. The molecule has 1 N–H and O–H groups in total. The molecule has 3 rings (SSSR count). The molecule has 21 heavy (non-hydrogen) atoms. The molecule has 112 valence electrons. The third-order valence-electron chi connectivity index (χ3n) is 4.34. The van der Waals surface area contributed by atoms with Crippen LogP contribution in [-0.4, -0.2) is 35.3 Å². The first-order valence-corrected chi connectivity index (χ1v) is 8.27. The molecular weight excluding hydrogens is 332 g/mol. The Morgan fingerprint density at radius 3 is 2.71 bits per heavy atom. The maximum atomic E-state index is 12.6. The molecule has 4 nitrogen and oxygen atoms in total. The van der Waals surface area contributed by atoms with Gasteiger partial charge in [0.15, 0.2) is 0 Å². The molecule has 0 spiro atoms. The zero-order chi connectivity index (χ0) is 14.8. The van der Waals surface area contributed by atoms with Gasteiger partial charge in [-0.25, -0.2) is 0 Å². The van der Waals surface area contributed by atoms with Crippen molar-refractivity contribution in [1.29, 1.82) is 0 Å². The summed E-state index contributed by atoms with van der Waals surface area (Å²) in [7, 11) is 0. The van der Waals surface area contributed by atoms with Gasteiger partial charge in [-0.2, -0.15) is 0 Å².